The summed E-state index contributed by atoms with van der Waals surface area (Å²) in [5.41, 5.74) is 6.82. The highest BCUT2D eigenvalue weighted by Crippen LogP contribution is 2.53. The summed E-state index contributed by atoms with van der Waals surface area (Å²) in [4.78, 5) is 13.9. The van der Waals surface area contributed by atoms with Gasteiger partial charge >= 0.3 is 0 Å². The third-order valence-electron chi connectivity index (χ3n) is 10.7. The second-order valence-electron chi connectivity index (χ2n) is 15.1. The summed E-state index contributed by atoms with van der Waals surface area (Å²) < 4.78 is 25.7. The Labute approximate surface area is 290 Å². The average Bonchev–Trinajstić information content (AvgIpc) is 3.39. The van der Waals surface area contributed by atoms with Gasteiger partial charge in [-0.3, -0.25) is 4.79 Å². The average molecular weight is 669 g/mol. The molecule has 2 aliphatic carbocycles. The van der Waals surface area contributed by atoms with E-state index in [1.165, 1.54) is 29.5 Å². The quantitative estimate of drug-likeness (QED) is 0.112. The van der Waals surface area contributed by atoms with Crippen molar-refractivity contribution in [1.82, 2.24) is 0 Å². The van der Waals surface area contributed by atoms with E-state index in [1.807, 2.05) is 30.3 Å². The third-order valence-corrected chi connectivity index (χ3v) is 15.1. The van der Waals surface area contributed by atoms with E-state index in [-0.39, 0.29) is 28.9 Å². The molecule has 258 valence electrons. The molecule has 0 aromatic heterocycles. The van der Waals surface area contributed by atoms with Gasteiger partial charge in [-0.15, -0.1) is 0 Å². The van der Waals surface area contributed by atoms with Crippen LogP contribution in [-0.2, 0) is 33.6 Å². The largest absolute Gasteiger partial charge is 0.497 e. The number of allylic oxidation sites excluding steroid dienone is 1. The van der Waals surface area contributed by atoms with E-state index in [0.717, 1.165) is 60.3 Å². The lowest BCUT2D eigenvalue weighted by Crippen LogP contribution is -2.43. The Morgan fingerprint density at radius 2 is 1.58 bits per heavy atom. The SMILES string of the molecule is CCCCC[C@@H](CCC1=C2C(CC1=O)Cc1c(OCc3ccc(OC)cc3)cccc1[C@H]2O[Si](C)(C)C(C)(C)C)OCc1ccccc1. The van der Waals surface area contributed by atoms with Crippen LogP contribution in [0.5, 0.6) is 11.5 Å². The number of fused-ring (bicyclic) bond motifs is 2. The van der Waals surface area contributed by atoms with Crippen LogP contribution in [0.4, 0.5) is 0 Å². The van der Waals surface area contributed by atoms with Crippen LogP contribution in [0.2, 0.25) is 18.1 Å². The maximum absolute atomic E-state index is 13.9. The van der Waals surface area contributed by atoms with Crippen molar-refractivity contribution in [3.63, 3.8) is 0 Å². The maximum Gasteiger partial charge on any atom is 0.193 e. The molecule has 48 heavy (non-hydrogen) atoms. The van der Waals surface area contributed by atoms with Gasteiger partial charge < -0.3 is 18.6 Å². The molecule has 0 amide bonds. The predicted molar refractivity (Wildman–Crippen MR) is 197 cm³/mol. The van der Waals surface area contributed by atoms with Gasteiger partial charge in [-0.25, -0.2) is 0 Å². The van der Waals surface area contributed by atoms with Gasteiger partial charge in [-0.05, 0) is 95.8 Å². The van der Waals surface area contributed by atoms with E-state index in [4.69, 9.17) is 18.6 Å². The highest BCUT2D eigenvalue weighted by Gasteiger charge is 2.47. The van der Waals surface area contributed by atoms with Crippen LogP contribution in [-0.4, -0.2) is 27.3 Å². The summed E-state index contributed by atoms with van der Waals surface area (Å²) in [6.07, 6.45) is 7.32. The number of benzene rings is 3. The molecule has 0 radical (unpaired) electrons. The number of Topliss-reactive ketones (excluding diaryl/α,β-unsaturated/α-hetero) is 1. The van der Waals surface area contributed by atoms with Crippen LogP contribution >= 0.6 is 0 Å². The summed E-state index contributed by atoms with van der Waals surface area (Å²) in [6, 6.07) is 24.8. The van der Waals surface area contributed by atoms with Crippen LogP contribution in [0.3, 0.4) is 0 Å². The van der Waals surface area contributed by atoms with Gasteiger partial charge in [-0.2, -0.15) is 0 Å². The van der Waals surface area contributed by atoms with E-state index in [1.54, 1.807) is 7.11 Å². The molecule has 0 N–H and O–H groups in total. The van der Waals surface area contributed by atoms with Crippen LogP contribution in [0, 0.1) is 5.92 Å². The fourth-order valence-corrected chi connectivity index (χ4v) is 8.00. The van der Waals surface area contributed by atoms with Gasteiger partial charge in [-0.1, -0.05) is 102 Å². The van der Waals surface area contributed by atoms with Crippen molar-refractivity contribution < 1.29 is 23.4 Å². The van der Waals surface area contributed by atoms with Crippen LogP contribution in [0.25, 0.3) is 0 Å². The lowest BCUT2D eigenvalue weighted by atomic mass is 9.78. The molecule has 0 bridgehead atoms. The van der Waals surface area contributed by atoms with Gasteiger partial charge in [0.05, 0.1) is 25.9 Å². The maximum atomic E-state index is 13.9. The zero-order chi connectivity index (χ0) is 34.3. The topological polar surface area (TPSA) is 54.0 Å². The Morgan fingerprint density at radius 1 is 0.854 bits per heavy atom. The minimum Gasteiger partial charge on any atom is -0.497 e. The summed E-state index contributed by atoms with van der Waals surface area (Å²) in [5.74, 6) is 2.13. The van der Waals surface area contributed by atoms with Crippen molar-refractivity contribution in [3.05, 3.63) is 106 Å². The highest BCUT2D eigenvalue weighted by molar-refractivity contribution is 6.74. The van der Waals surface area contributed by atoms with Crippen molar-refractivity contribution in [2.45, 2.75) is 123 Å². The second-order valence-corrected chi connectivity index (χ2v) is 19.9. The molecule has 3 aromatic rings. The van der Waals surface area contributed by atoms with E-state index >= 15 is 0 Å². The van der Waals surface area contributed by atoms with E-state index in [9.17, 15) is 4.79 Å². The molecule has 6 heteroatoms. The first kappa shape index (κ1) is 36.1. The molecule has 0 fully saturated rings. The number of unbranched alkanes of at least 4 members (excludes halogenated alkanes) is 2. The Kier molecular flexibility index (Phi) is 12.0. The zero-order valence-corrected chi connectivity index (χ0v) is 31.3. The van der Waals surface area contributed by atoms with Crippen molar-refractivity contribution in [1.29, 1.82) is 0 Å². The predicted octanol–water partition coefficient (Wildman–Crippen LogP) is 10.7. The van der Waals surface area contributed by atoms with Crippen molar-refractivity contribution in [3.8, 4) is 11.5 Å². The first-order chi connectivity index (χ1) is 23.0. The molecule has 0 heterocycles. The number of carbonyl (C=O) groups is 1. The number of ketones is 1. The lowest BCUT2D eigenvalue weighted by Gasteiger charge is -2.43. The molecular weight excluding hydrogens is 613 g/mol. The zero-order valence-electron chi connectivity index (χ0n) is 30.3. The smallest absolute Gasteiger partial charge is 0.193 e. The van der Waals surface area contributed by atoms with Gasteiger partial charge in [0.25, 0.3) is 0 Å². The van der Waals surface area contributed by atoms with Crippen molar-refractivity contribution in [2.75, 3.05) is 7.11 Å². The molecule has 0 saturated carbocycles. The third kappa shape index (κ3) is 8.69. The monoisotopic (exact) mass is 668 g/mol. The number of methoxy groups -OCH3 is 1. The molecule has 5 nitrogen and oxygen atoms in total. The Hall–Kier alpha value is -3.19. The van der Waals surface area contributed by atoms with Crippen molar-refractivity contribution >= 4 is 14.1 Å². The molecule has 0 aliphatic heterocycles. The summed E-state index contributed by atoms with van der Waals surface area (Å²) >= 11 is 0. The normalized spacial score (nSPS) is 18.4. The molecule has 0 saturated heterocycles. The van der Waals surface area contributed by atoms with Gasteiger partial charge in [0, 0.05) is 12.0 Å². The first-order valence-corrected chi connectivity index (χ1v) is 20.9. The van der Waals surface area contributed by atoms with Crippen LogP contribution in [0.1, 0.15) is 101 Å². The molecule has 5 rings (SSSR count). The molecule has 0 spiro atoms. The van der Waals surface area contributed by atoms with Gasteiger partial charge in [0.2, 0.25) is 0 Å². The Morgan fingerprint density at radius 3 is 2.27 bits per heavy atom. The van der Waals surface area contributed by atoms with Gasteiger partial charge in [0.15, 0.2) is 14.1 Å². The van der Waals surface area contributed by atoms with Crippen LogP contribution < -0.4 is 9.47 Å². The Bertz CT molecular complexity index is 1540. The molecular formula is C42H56O5Si. The highest BCUT2D eigenvalue weighted by atomic mass is 28.4. The molecule has 3 aromatic carbocycles. The fourth-order valence-electron chi connectivity index (χ4n) is 6.81. The minimum atomic E-state index is -2.21. The standard InChI is InChI=1S/C42H56O5Si/c1-8-9-11-17-34(45-28-30-15-12-10-13-16-30)24-25-36-38(43)27-32-26-37-35(41(40(32)36)47-48(6,7)42(2,3)4)18-14-19-39(37)46-29-31-20-22-33(44-5)23-21-31/h10,12-16,18-23,32,34,41H,8-9,11,17,24-29H2,1-7H3/t32?,34-,41+/m0/s1. The first-order valence-electron chi connectivity index (χ1n) is 18.0. The summed E-state index contributed by atoms with van der Waals surface area (Å²) in [6.45, 7) is 14.8. The summed E-state index contributed by atoms with van der Waals surface area (Å²) in [7, 11) is -0.531. The number of carbonyl (C=O) groups excluding carboxylic acids is 1. The summed E-state index contributed by atoms with van der Waals surface area (Å²) in [5, 5.41) is 0.0293. The fraction of sp³-hybridized carbons (Fsp3) is 0.500. The second kappa shape index (κ2) is 16.0. The van der Waals surface area contributed by atoms with Crippen LogP contribution in [0.15, 0.2) is 83.9 Å². The molecule has 3 atom stereocenters. The Balaban J connectivity index is 1.44. The minimum absolute atomic E-state index is 0.0293. The van der Waals surface area contributed by atoms with Gasteiger partial charge in [0.1, 0.15) is 18.1 Å². The number of hydrogen-bond donors (Lipinski definition) is 0. The lowest BCUT2D eigenvalue weighted by molar-refractivity contribution is -0.115. The molecule has 2 aliphatic rings. The number of ether oxygens (including phenoxy) is 3. The number of hydrogen-bond acceptors (Lipinski definition) is 5. The van der Waals surface area contributed by atoms with Crippen molar-refractivity contribution in [2.24, 2.45) is 5.92 Å². The van der Waals surface area contributed by atoms with E-state index < -0.39 is 8.32 Å². The molecule has 1 unspecified atom stereocenters. The van der Waals surface area contributed by atoms with E-state index in [0.29, 0.717) is 19.6 Å². The van der Waals surface area contributed by atoms with E-state index in [2.05, 4.69) is 83.3 Å². The number of rotatable bonds is 16.